The van der Waals surface area contributed by atoms with E-state index in [0.29, 0.717) is 11.2 Å². The number of para-hydroxylation sites is 1. The molecule has 0 fully saturated rings. The van der Waals surface area contributed by atoms with E-state index in [1.165, 1.54) is 0 Å². The third-order valence-corrected chi connectivity index (χ3v) is 7.16. The second kappa shape index (κ2) is 11.8. The fraction of sp³-hybridized carbons (Fsp3) is 0.286. The van der Waals surface area contributed by atoms with Gasteiger partial charge in [0.2, 0.25) is 0 Å². The molecule has 2 heterocycles. The van der Waals surface area contributed by atoms with Crippen LogP contribution in [0.4, 0.5) is 5.69 Å². The molecule has 3 nitrogen and oxygen atoms in total. The molecule has 39 heavy (non-hydrogen) atoms. The molecule has 0 atom stereocenters. The van der Waals surface area contributed by atoms with E-state index in [1.807, 2.05) is 116 Å². The molecule has 1 aliphatic rings. The predicted octanol–water partition coefficient (Wildman–Crippen LogP) is 8.07. The summed E-state index contributed by atoms with van der Waals surface area (Å²) in [6, 6.07) is 20.0. The Bertz CT molecular complexity index is 1810. The minimum absolute atomic E-state index is 0. The Labute approximate surface area is 266 Å². The quantitative estimate of drug-likeness (QED) is 0.164. The number of aryl methyl sites for hydroxylation is 2. The summed E-state index contributed by atoms with van der Waals surface area (Å²) >= 11 is 0. The number of rotatable bonds is 5. The van der Waals surface area contributed by atoms with Crippen molar-refractivity contribution in [1.82, 2.24) is 13.7 Å². The van der Waals surface area contributed by atoms with E-state index >= 15 is 0 Å². The first-order chi connectivity index (χ1) is 20.0. The topological polar surface area (TPSA) is 12.9 Å². The number of allylic oxidation sites excluding steroid dienone is 3. The first-order valence-electron chi connectivity index (χ1n) is 15.4. The summed E-state index contributed by atoms with van der Waals surface area (Å²) < 4.78 is 49.0. The number of imidazole rings is 1. The van der Waals surface area contributed by atoms with Crippen LogP contribution in [0.15, 0.2) is 78.6 Å². The molecular formula is C35H38N3Y-. The summed E-state index contributed by atoms with van der Waals surface area (Å²) in [6.07, 6.45) is 10.2. The summed E-state index contributed by atoms with van der Waals surface area (Å²) in [5.74, 6) is -2.00. The van der Waals surface area contributed by atoms with E-state index in [1.54, 1.807) is 6.92 Å². The fourth-order valence-corrected chi connectivity index (χ4v) is 5.21. The van der Waals surface area contributed by atoms with Gasteiger partial charge in [0.05, 0.1) is 19.4 Å². The SMILES string of the molecule is [2H]C([2H])([2H])C(=[C-]C)C1=[C-][N+](=c2n(C)ccn2-c2c(C([2H])(C)C)cc(-c3ccccc3)cc2C([2H])(C)C)c2c(C)cccc21.[Y]. The van der Waals surface area contributed by atoms with Crippen LogP contribution < -0.4 is 10.2 Å². The zero-order valence-corrected chi connectivity index (χ0v) is 26.7. The molecular weight excluding hydrogens is 551 g/mol. The first-order valence-corrected chi connectivity index (χ1v) is 12.9. The van der Waals surface area contributed by atoms with Crippen LogP contribution in [0.25, 0.3) is 22.4 Å². The second-order valence-corrected chi connectivity index (χ2v) is 10.3. The monoisotopic (exact) mass is 594 g/mol. The van der Waals surface area contributed by atoms with Crippen LogP contribution in [-0.4, -0.2) is 9.13 Å². The van der Waals surface area contributed by atoms with Gasteiger partial charge >= 0.3 is 5.62 Å². The number of benzene rings is 3. The van der Waals surface area contributed by atoms with Crippen LogP contribution in [0.3, 0.4) is 0 Å². The molecule has 0 unspecified atom stereocenters. The molecule has 4 heteroatoms. The summed E-state index contributed by atoms with van der Waals surface area (Å²) in [5.41, 5.74) is 8.17. The normalized spacial score (nSPS) is 17.3. The molecule has 5 rings (SSSR count). The van der Waals surface area contributed by atoms with Gasteiger partial charge in [0.1, 0.15) is 5.69 Å². The number of aromatic nitrogens is 2. The Morgan fingerprint density at radius 3 is 2.21 bits per heavy atom. The number of fused-ring (bicyclic) bond motifs is 1. The molecule has 197 valence electrons. The van der Waals surface area contributed by atoms with E-state index in [0.717, 1.165) is 44.8 Å². The van der Waals surface area contributed by atoms with E-state index in [-0.39, 0.29) is 38.3 Å². The van der Waals surface area contributed by atoms with E-state index in [9.17, 15) is 2.74 Å². The Kier molecular flexibility index (Phi) is 6.95. The van der Waals surface area contributed by atoms with Gasteiger partial charge in [-0.1, -0.05) is 81.9 Å². The Hall–Kier alpha value is -2.75. The van der Waals surface area contributed by atoms with Crippen molar-refractivity contribution >= 4 is 11.3 Å². The van der Waals surface area contributed by atoms with Crippen LogP contribution in [0, 0.1) is 19.2 Å². The molecule has 0 aliphatic carbocycles. The van der Waals surface area contributed by atoms with Crippen molar-refractivity contribution < 1.29 is 39.6 Å². The van der Waals surface area contributed by atoms with Gasteiger partial charge in [-0.05, 0) is 53.1 Å². The van der Waals surface area contributed by atoms with Gasteiger partial charge in [0, 0.05) is 45.3 Å². The maximum Gasteiger partial charge on any atom is 0.307 e. The Morgan fingerprint density at radius 2 is 1.62 bits per heavy atom. The number of hydrogen-bond donors (Lipinski definition) is 0. The maximum atomic E-state index is 9.25. The minimum atomic E-state index is -2.36. The zero-order valence-electron chi connectivity index (χ0n) is 28.8. The molecule has 0 N–H and O–H groups in total. The average molecular weight is 595 g/mol. The maximum absolute atomic E-state index is 9.25. The standard InChI is InChI=1S/C35H38N3.Y/c1-9-25(6)32-22-38(33-26(7)14-13-17-29(32)33)35-36(8)18-19-37(35)34-30(23(2)3)20-28(21-31(34)24(4)5)27-15-11-10-12-16-27;/h10-21,23-24H,1-8H3;/q-1;/i6D3,23D,24D;. The van der Waals surface area contributed by atoms with Crippen LogP contribution in [-0.2, 0) is 39.8 Å². The van der Waals surface area contributed by atoms with Crippen molar-refractivity contribution in [2.24, 2.45) is 7.05 Å². The van der Waals surface area contributed by atoms with Gasteiger partial charge < -0.3 is 10.7 Å². The van der Waals surface area contributed by atoms with Crippen molar-refractivity contribution in [3.8, 4) is 16.8 Å². The van der Waals surface area contributed by atoms with E-state index in [4.69, 9.17) is 4.11 Å². The van der Waals surface area contributed by atoms with Crippen LogP contribution in [0.1, 0.15) is 82.4 Å². The van der Waals surface area contributed by atoms with E-state index < -0.39 is 18.6 Å². The fourth-order valence-electron chi connectivity index (χ4n) is 5.21. The molecule has 0 bridgehead atoms. The molecule has 0 amide bonds. The van der Waals surface area contributed by atoms with Crippen LogP contribution in [0.2, 0.25) is 0 Å². The smallest absolute Gasteiger partial charge is 0.307 e. The largest absolute Gasteiger partial charge is 0.322 e. The molecule has 1 radical (unpaired) electrons. The van der Waals surface area contributed by atoms with Crippen LogP contribution in [0.5, 0.6) is 0 Å². The third-order valence-electron chi connectivity index (χ3n) is 7.16. The molecule has 1 aromatic heterocycles. The van der Waals surface area contributed by atoms with Gasteiger partial charge in [-0.2, -0.15) is 5.56 Å². The zero-order chi connectivity index (χ0) is 31.5. The summed E-state index contributed by atoms with van der Waals surface area (Å²) in [7, 11) is 1.94. The van der Waals surface area contributed by atoms with Crippen molar-refractivity contribution in [3.63, 3.8) is 0 Å². The molecule has 3 aromatic carbocycles. The van der Waals surface area contributed by atoms with Gasteiger partial charge in [0.25, 0.3) is 0 Å². The first kappa shape index (κ1) is 23.0. The van der Waals surface area contributed by atoms with Gasteiger partial charge in [-0.3, -0.25) is 10.1 Å². The van der Waals surface area contributed by atoms with Crippen LogP contribution >= 0.6 is 0 Å². The molecule has 0 saturated carbocycles. The second-order valence-electron chi connectivity index (χ2n) is 10.3. The van der Waals surface area contributed by atoms with Crippen molar-refractivity contribution in [2.75, 3.05) is 0 Å². The predicted molar refractivity (Wildman–Crippen MR) is 159 cm³/mol. The minimum Gasteiger partial charge on any atom is -0.322 e. The number of nitrogens with zero attached hydrogens (tertiary/aromatic N) is 3. The van der Waals surface area contributed by atoms with Crippen molar-refractivity contribution in [1.29, 1.82) is 0 Å². The van der Waals surface area contributed by atoms with E-state index in [2.05, 4.69) is 24.4 Å². The van der Waals surface area contributed by atoms with Crippen molar-refractivity contribution in [2.45, 2.75) is 60.2 Å². The average Bonchev–Trinajstić information content (AvgIpc) is 3.48. The van der Waals surface area contributed by atoms with Crippen molar-refractivity contribution in [3.05, 3.63) is 119 Å². The van der Waals surface area contributed by atoms with Gasteiger partial charge in [-0.15, -0.1) is 19.8 Å². The molecule has 4 aromatic rings. The van der Waals surface area contributed by atoms with Gasteiger partial charge in [-0.25, -0.2) is 10.1 Å². The molecule has 1 aliphatic heterocycles. The molecule has 0 saturated heterocycles. The summed E-state index contributed by atoms with van der Waals surface area (Å²) in [5, 5.41) is 0. The molecule has 0 spiro atoms. The Balaban J connectivity index is 0.00000442. The Morgan fingerprint density at radius 1 is 0.949 bits per heavy atom. The third kappa shape index (κ3) is 5.24. The number of hydrogen-bond acceptors (Lipinski definition) is 0. The summed E-state index contributed by atoms with van der Waals surface area (Å²) in [4.78, 5) is 0. The van der Waals surface area contributed by atoms with Gasteiger partial charge in [0.15, 0.2) is 0 Å². The summed E-state index contributed by atoms with van der Waals surface area (Å²) in [6.45, 7) is 8.74.